The molecule has 0 aromatic carbocycles. The first-order valence-electron chi connectivity index (χ1n) is 8.29. The predicted molar refractivity (Wildman–Crippen MR) is 94.8 cm³/mol. The number of nitrogens with zero attached hydrogens (tertiary/aromatic N) is 2. The molecule has 0 aromatic heterocycles. The maximum Gasteiger partial charge on any atom is 0.307 e. The number of nitriles is 2. The van der Waals surface area contributed by atoms with E-state index < -0.39 is 23.1 Å². The molecule has 0 aliphatic rings. The lowest BCUT2D eigenvalue weighted by atomic mass is 10.1. The molecule has 0 amide bonds. The number of rotatable bonds is 7. The van der Waals surface area contributed by atoms with Gasteiger partial charge in [0, 0.05) is 25.7 Å². The van der Waals surface area contributed by atoms with Gasteiger partial charge in [0.1, 0.15) is 0 Å². The van der Waals surface area contributed by atoms with Crippen LogP contribution < -0.4 is 0 Å². The number of carbonyl (C=O) groups excluding carboxylic acids is 2. The van der Waals surface area contributed by atoms with Gasteiger partial charge in [0.05, 0.1) is 25.0 Å². The maximum absolute atomic E-state index is 11.9. The van der Waals surface area contributed by atoms with E-state index in [1.807, 2.05) is 12.1 Å². The molecule has 0 aliphatic carbocycles. The van der Waals surface area contributed by atoms with Crippen LogP contribution in [0.1, 0.15) is 66.2 Å². The highest BCUT2D eigenvalue weighted by molar-refractivity contribution is 5.78. The largest absolute Gasteiger partial charge is 0.446 e. The molecule has 138 valence electrons. The Morgan fingerprint density at radius 1 is 0.731 bits per heavy atom. The van der Waals surface area contributed by atoms with Crippen LogP contribution in [0.25, 0.3) is 0 Å². The number of ether oxygens (including phenoxy) is 2. The smallest absolute Gasteiger partial charge is 0.307 e. The average Bonchev–Trinajstić information content (AvgIpc) is 2.53. The van der Waals surface area contributed by atoms with Crippen molar-refractivity contribution in [2.45, 2.75) is 77.4 Å². The molecule has 0 radical (unpaired) electrons. The fraction of sp³-hybridized carbons (Fsp3) is 0.600. The fourth-order valence-corrected chi connectivity index (χ4v) is 1.71. The number of carbonyl (C=O) groups is 2. The number of hydrogen-bond donors (Lipinski definition) is 0. The summed E-state index contributed by atoms with van der Waals surface area (Å²) in [5.41, 5.74) is -1.97. The highest BCUT2D eigenvalue weighted by atomic mass is 16.6. The molecule has 6 nitrogen and oxygen atoms in total. The summed E-state index contributed by atoms with van der Waals surface area (Å²) >= 11 is 0. The van der Waals surface area contributed by atoms with Crippen molar-refractivity contribution in [1.29, 1.82) is 10.5 Å². The summed E-state index contributed by atoms with van der Waals surface area (Å²) in [4.78, 5) is 23.7. The second kappa shape index (κ2) is 11.6. The molecule has 0 saturated carbocycles. The Kier molecular flexibility index (Phi) is 10.3. The van der Waals surface area contributed by atoms with Crippen LogP contribution in [-0.2, 0) is 19.1 Å². The third-order valence-electron chi connectivity index (χ3n) is 2.77. The topological polar surface area (TPSA) is 100 Å². The zero-order valence-electron chi connectivity index (χ0n) is 15.8. The molecule has 0 heterocycles. The molecule has 0 spiro atoms. The summed E-state index contributed by atoms with van der Waals surface area (Å²) < 4.78 is 10.5. The third-order valence-corrected chi connectivity index (χ3v) is 2.77. The SMILES string of the molecule is CC(C)(C#CCCC#N)OC(=O)CCC(=O)OC(C)(C)C#CCCC#N. The van der Waals surface area contributed by atoms with Gasteiger partial charge in [-0.15, -0.1) is 0 Å². The van der Waals surface area contributed by atoms with Crippen LogP contribution >= 0.6 is 0 Å². The molecular formula is C20H24N2O4. The Hall–Kier alpha value is -2.96. The zero-order chi connectivity index (χ0) is 20.1. The standard InChI is InChI=1S/C20H24N2O4/c1-19(2,13-7-5-9-15-21)25-17(23)11-12-18(24)26-20(3,4)14-8-6-10-16-22/h5-6,9-12H2,1-4H3. The molecule has 26 heavy (non-hydrogen) atoms. The van der Waals surface area contributed by atoms with Gasteiger partial charge in [-0.1, -0.05) is 23.7 Å². The van der Waals surface area contributed by atoms with Gasteiger partial charge in [-0.05, 0) is 27.7 Å². The van der Waals surface area contributed by atoms with Crippen LogP contribution in [0.2, 0.25) is 0 Å². The van der Waals surface area contributed by atoms with Gasteiger partial charge >= 0.3 is 11.9 Å². The minimum Gasteiger partial charge on any atom is -0.446 e. The summed E-state index contributed by atoms with van der Waals surface area (Å²) in [7, 11) is 0. The average molecular weight is 356 g/mol. The summed E-state index contributed by atoms with van der Waals surface area (Å²) in [6, 6.07) is 3.96. The van der Waals surface area contributed by atoms with E-state index in [0.29, 0.717) is 25.7 Å². The van der Waals surface area contributed by atoms with E-state index in [-0.39, 0.29) is 12.8 Å². The van der Waals surface area contributed by atoms with Crippen LogP contribution in [-0.4, -0.2) is 23.1 Å². The van der Waals surface area contributed by atoms with E-state index in [4.69, 9.17) is 20.0 Å². The summed E-state index contributed by atoms with van der Waals surface area (Å²) in [6.45, 7) is 6.57. The maximum atomic E-state index is 11.9. The number of esters is 2. The van der Waals surface area contributed by atoms with E-state index in [2.05, 4.69) is 23.7 Å². The molecule has 0 N–H and O–H groups in total. The first-order valence-corrected chi connectivity index (χ1v) is 8.29. The van der Waals surface area contributed by atoms with E-state index in [1.54, 1.807) is 27.7 Å². The van der Waals surface area contributed by atoms with Crippen LogP contribution in [0.5, 0.6) is 0 Å². The van der Waals surface area contributed by atoms with Gasteiger partial charge in [0.25, 0.3) is 0 Å². The normalized spacial score (nSPS) is 10.1. The Morgan fingerprint density at radius 3 is 1.38 bits per heavy atom. The van der Waals surface area contributed by atoms with Crippen molar-refractivity contribution in [2.24, 2.45) is 0 Å². The Balaban J connectivity index is 4.38. The molecule has 0 fully saturated rings. The van der Waals surface area contributed by atoms with Gasteiger partial charge in [-0.25, -0.2) is 0 Å². The van der Waals surface area contributed by atoms with Crippen LogP contribution in [0.3, 0.4) is 0 Å². The third kappa shape index (κ3) is 12.5. The van der Waals surface area contributed by atoms with Crippen molar-refractivity contribution in [1.82, 2.24) is 0 Å². The molecular weight excluding hydrogens is 332 g/mol. The van der Waals surface area contributed by atoms with E-state index >= 15 is 0 Å². The van der Waals surface area contributed by atoms with Gasteiger partial charge in [0.15, 0.2) is 11.2 Å². The van der Waals surface area contributed by atoms with Crippen LogP contribution in [0.15, 0.2) is 0 Å². The Bertz CT molecular complexity index is 639. The number of unbranched alkanes of at least 4 members (excludes halogenated alkanes) is 2. The molecule has 6 heteroatoms. The van der Waals surface area contributed by atoms with Crippen molar-refractivity contribution in [3.8, 4) is 35.8 Å². The monoisotopic (exact) mass is 356 g/mol. The quantitative estimate of drug-likeness (QED) is 0.395. The summed E-state index contributed by atoms with van der Waals surface area (Å²) in [5, 5.41) is 16.9. The van der Waals surface area contributed by atoms with Gasteiger partial charge in [-0.3, -0.25) is 9.59 Å². The molecule has 0 aliphatic heterocycles. The highest BCUT2D eigenvalue weighted by Crippen LogP contribution is 2.13. The van der Waals surface area contributed by atoms with E-state index in [9.17, 15) is 9.59 Å². The molecule has 0 unspecified atom stereocenters. The van der Waals surface area contributed by atoms with Crippen molar-refractivity contribution < 1.29 is 19.1 Å². The Labute approximate surface area is 155 Å². The highest BCUT2D eigenvalue weighted by Gasteiger charge is 2.23. The summed E-state index contributed by atoms with van der Waals surface area (Å²) in [6.07, 6.45) is 1.21. The van der Waals surface area contributed by atoms with Gasteiger partial charge in [-0.2, -0.15) is 10.5 Å². The second-order valence-electron chi connectivity index (χ2n) is 6.39. The van der Waals surface area contributed by atoms with Crippen molar-refractivity contribution in [3.63, 3.8) is 0 Å². The lowest BCUT2D eigenvalue weighted by Crippen LogP contribution is -2.28. The van der Waals surface area contributed by atoms with Gasteiger partial charge in [0.2, 0.25) is 0 Å². The molecule has 0 rings (SSSR count). The molecule has 0 bridgehead atoms. The number of hydrogen-bond acceptors (Lipinski definition) is 6. The van der Waals surface area contributed by atoms with Crippen LogP contribution in [0, 0.1) is 46.3 Å². The minimum atomic E-state index is -0.984. The lowest BCUT2D eigenvalue weighted by molar-refractivity contribution is -0.159. The zero-order valence-corrected chi connectivity index (χ0v) is 15.8. The summed E-state index contributed by atoms with van der Waals surface area (Å²) in [5.74, 6) is 10.0. The fourth-order valence-electron chi connectivity index (χ4n) is 1.71. The first kappa shape index (κ1) is 23.0. The first-order chi connectivity index (χ1) is 12.1. The lowest BCUT2D eigenvalue weighted by Gasteiger charge is -2.20. The van der Waals surface area contributed by atoms with E-state index in [1.165, 1.54) is 0 Å². The second-order valence-corrected chi connectivity index (χ2v) is 6.39. The minimum absolute atomic E-state index is 0.125. The molecule has 0 aromatic rings. The molecule has 0 saturated heterocycles. The van der Waals surface area contributed by atoms with E-state index in [0.717, 1.165) is 0 Å². The van der Waals surface area contributed by atoms with Crippen molar-refractivity contribution in [3.05, 3.63) is 0 Å². The van der Waals surface area contributed by atoms with Crippen molar-refractivity contribution >= 4 is 11.9 Å². The van der Waals surface area contributed by atoms with Crippen LogP contribution in [0.4, 0.5) is 0 Å². The van der Waals surface area contributed by atoms with Crippen molar-refractivity contribution in [2.75, 3.05) is 0 Å². The Morgan fingerprint density at radius 2 is 1.08 bits per heavy atom. The molecule has 0 atom stereocenters. The van der Waals surface area contributed by atoms with Gasteiger partial charge < -0.3 is 9.47 Å². The predicted octanol–water partition coefficient (Wildman–Crippen LogP) is 3.02.